The van der Waals surface area contributed by atoms with Gasteiger partial charge in [-0.2, -0.15) is 0 Å². The first-order valence-electron chi connectivity index (χ1n) is 3.37. The number of ether oxygens (including phenoxy) is 3. The minimum atomic E-state index is 0.239. The normalized spacial score (nSPS) is 9.45. The van der Waals surface area contributed by atoms with Gasteiger partial charge in [-0.05, 0) is 0 Å². The van der Waals surface area contributed by atoms with Gasteiger partial charge in [0.25, 0.3) is 0 Å². The third kappa shape index (κ3) is 9.36. The van der Waals surface area contributed by atoms with E-state index in [-0.39, 0.29) is 13.6 Å². The second kappa shape index (κ2) is 9.36. The zero-order valence-electron chi connectivity index (χ0n) is 6.62. The Labute approximate surface area is 67.3 Å². The summed E-state index contributed by atoms with van der Waals surface area (Å²) in [5, 5.41) is 0. The maximum atomic E-state index is 4.92. The van der Waals surface area contributed by atoms with Gasteiger partial charge in [0.2, 0.25) is 0 Å². The van der Waals surface area contributed by atoms with Crippen LogP contribution in [0.4, 0.5) is 0 Å². The van der Waals surface area contributed by atoms with Crippen LogP contribution in [0.5, 0.6) is 0 Å². The summed E-state index contributed by atoms with van der Waals surface area (Å²) in [6.07, 6.45) is 3.32. The molecular formula is C8H14O3. The summed E-state index contributed by atoms with van der Waals surface area (Å²) in [5.74, 6) is 0. The van der Waals surface area contributed by atoms with Crippen molar-refractivity contribution >= 4 is 0 Å². The number of hydrogen-bond acceptors (Lipinski definition) is 3. The third-order valence-corrected chi connectivity index (χ3v) is 0.805. The van der Waals surface area contributed by atoms with Crippen LogP contribution in [0.3, 0.4) is 0 Å². The van der Waals surface area contributed by atoms with Crippen LogP contribution >= 0.6 is 0 Å². The molecule has 0 radical (unpaired) electrons. The van der Waals surface area contributed by atoms with Crippen molar-refractivity contribution < 1.29 is 14.2 Å². The Bertz CT molecular complexity index is 89.5. The SMILES string of the molecule is C=CCOCOCOCC=C. The first kappa shape index (κ1) is 10.4. The Morgan fingerprint density at radius 2 is 1.27 bits per heavy atom. The molecule has 0 unspecified atom stereocenters. The van der Waals surface area contributed by atoms with Crippen LogP contribution in [-0.2, 0) is 14.2 Å². The highest BCUT2D eigenvalue weighted by Crippen LogP contribution is 1.81. The van der Waals surface area contributed by atoms with Gasteiger partial charge in [-0.25, -0.2) is 0 Å². The van der Waals surface area contributed by atoms with Crippen LogP contribution in [-0.4, -0.2) is 26.8 Å². The van der Waals surface area contributed by atoms with Crippen LogP contribution in [0.25, 0.3) is 0 Å². The van der Waals surface area contributed by atoms with Crippen LogP contribution in [0.15, 0.2) is 25.3 Å². The van der Waals surface area contributed by atoms with E-state index in [4.69, 9.17) is 14.2 Å². The molecule has 11 heavy (non-hydrogen) atoms. The molecule has 3 heteroatoms. The molecule has 0 fully saturated rings. The standard InChI is InChI=1S/C8H14O3/c1-3-5-9-7-11-8-10-6-4-2/h3-4H,1-2,5-8H2. The van der Waals surface area contributed by atoms with Crippen molar-refractivity contribution in [2.24, 2.45) is 0 Å². The van der Waals surface area contributed by atoms with E-state index in [1.165, 1.54) is 0 Å². The van der Waals surface area contributed by atoms with Gasteiger partial charge in [0.05, 0.1) is 13.2 Å². The molecule has 0 saturated carbocycles. The van der Waals surface area contributed by atoms with E-state index >= 15 is 0 Å². The predicted octanol–water partition coefficient (Wildman–Crippen LogP) is 1.32. The van der Waals surface area contributed by atoms with Gasteiger partial charge in [-0.15, -0.1) is 13.2 Å². The maximum absolute atomic E-state index is 4.92. The molecule has 0 aliphatic carbocycles. The third-order valence-electron chi connectivity index (χ3n) is 0.805. The average Bonchev–Trinajstić information content (AvgIpc) is 2.03. The van der Waals surface area contributed by atoms with Crippen LogP contribution in [0.2, 0.25) is 0 Å². The lowest BCUT2D eigenvalue weighted by Crippen LogP contribution is -2.04. The van der Waals surface area contributed by atoms with Crippen LogP contribution in [0, 0.1) is 0 Å². The van der Waals surface area contributed by atoms with Crippen molar-refractivity contribution in [1.29, 1.82) is 0 Å². The highest BCUT2D eigenvalue weighted by atomic mass is 16.7. The lowest BCUT2D eigenvalue weighted by Gasteiger charge is -2.02. The monoisotopic (exact) mass is 158 g/mol. The second-order valence-electron chi connectivity index (χ2n) is 1.76. The van der Waals surface area contributed by atoms with Crippen molar-refractivity contribution in [3.63, 3.8) is 0 Å². The molecule has 0 atom stereocenters. The summed E-state index contributed by atoms with van der Waals surface area (Å²) >= 11 is 0. The summed E-state index contributed by atoms with van der Waals surface area (Å²) in [7, 11) is 0. The fourth-order valence-electron chi connectivity index (χ4n) is 0.415. The molecule has 0 N–H and O–H groups in total. The van der Waals surface area contributed by atoms with E-state index in [9.17, 15) is 0 Å². The minimum Gasteiger partial charge on any atom is -0.351 e. The van der Waals surface area contributed by atoms with E-state index in [0.717, 1.165) is 0 Å². The van der Waals surface area contributed by atoms with Crippen molar-refractivity contribution in [3.05, 3.63) is 25.3 Å². The van der Waals surface area contributed by atoms with Gasteiger partial charge in [-0.1, -0.05) is 12.2 Å². The Kier molecular flexibility index (Phi) is 8.82. The molecule has 0 aliphatic rings. The number of rotatable bonds is 8. The molecule has 0 saturated heterocycles. The summed E-state index contributed by atoms with van der Waals surface area (Å²) in [6, 6.07) is 0. The minimum absolute atomic E-state index is 0.239. The van der Waals surface area contributed by atoms with E-state index in [1.807, 2.05) is 0 Å². The van der Waals surface area contributed by atoms with E-state index in [1.54, 1.807) is 12.2 Å². The molecule has 0 bridgehead atoms. The molecule has 0 amide bonds. The zero-order chi connectivity index (χ0) is 8.36. The maximum Gasteiger partial charge on any atom is 0.150 e. The lowest BCUT2D eigenvalue weighted by atomic mass is 10.7. The topological polar surface area (TPSA) is 27.7 Å². The smallest absolute Gasteiger partial charge is 0.150 e. The largest absolute Gasteiger partial charge is 0.351 e. The molecule has 0 rings (SSSR count). The molecule has 0 heterocycles. The predicted molar refractivity (Wildman–Crippen MR) is 43.1 cm³/mol. The molecule has 0 aromatic heterocycles. The Balaban J connectivity index is 2.79. The fraction of sp³-hybridized carbons (Fsp3) is 0.500. The van der Waals surface area contributed by atoms with Gasteiger partial charge in [-0.3, -0.25) is 0 Å². The van der Waals surface area contributed by atoms with Gasteiger partial charge in [0, 0.05) is 0 Å². The van der Waals surface area contributed by atoms with Gasteiger partial charge >= 0.3 is 0 Å². The summed E-state index contributed by atoms with van der Waals surface area (Å²) in [6.45, 7) is 8.45. The van der Waals surface area contributed by atoms with E-state index in [0.29, 0.717) is 13.2 Å². The molecule has 0 aliphatic heterocycles. The zero-order valence-corrected chi connectivity index (χ0v) is 6.62. The molecule has 0 spiro atoms. The van der Waals surface area contributed by atoms with Crippen molar-refractivity contribution in [2.45, 2.75) is 0 Å². The van der Waals surface area contributed by atoms with Crippen LogP contribution in [0.1, 0.15) is 0 Å². The molecule has 0 aromatic carbocycles. The first-order valence-corrected chi connectivity index (χ1v) is 3.37. The van der Waals surface area contributed by atoms with Gasteiger partial charge < -0.3 is 14.2 Å². The quantitative estimate of drug-likeness (QED) is 0.303. The second-order valence-corrected chi connectivity index (χ2v) is 1.76. The molecule has 0 aromatic rings. The van der Waals surface area contributed by atoms with E-state index in [2.05, 4.69) is 13.2 Å². The van der Waals surface area contributed by atoms with Crippen molar-refractivity contribution in [1.82, 2.24) is 0 Å². The number of hydrogen-bond donors (Lipinski definition) is 0. The van der Waals surface area contributed by atoms with Gasteiger partial charge in [0.1, 0.15) is 13.6 Å². The van der Waals surface area contributed by atoms with Crippen molar-refractivity contribution in [3.8, 4) is 0 Å². The van der Waals surface area contributed by atoms with Crippen molar-refractivity contribution in [2.75, 3.05) is 26.8 Å². The highest BCUT2D eigenvalue weighted by molar-refractivity contribution is 4.63. The molecule has 3 nitrogen and oxygen atoms in total. The Morgan fingerprint density at radius 3 is 1.64 bits per heavy atom. The fourth-order valence-corrected chi connectivity index (χ4v) is 0.415. The Hall–Kier alpha value is -0.640. The van der Waals surface area contributed by atoms with E-state index < -0.39 is 0 Å². The first-order chi connectivity index (χ1) is 5.41. The molecular weight excluding hydrogens is 144 g/mol. The van der Waals surface area contributed by atoms with Crippen LogP contribution < -0.4 is 0 Å². The summed E-state index contributed by atoms with van der Waals surface area (Å²) in [4.78, 5) is 0. The van der Waals surface area contributed by atoms with Gasteiger partial charge in [0.15, 0.2) is 0 Å². The Morgan fingerprint density at radius 1 is 0.818 bits per heavy atom. The lowest BCUT2D eigenvalue weighted by molar-refractivity contribution is -0.121. The highest BCUT2D eigenvalue weighted by Gasteiger charge is 1.84. The average molecular weight is 158 g/mol. The summed E-state index contributed by atoms with van der Waals surface area (Å²) in [5.41, 5.74) is 0. The molecule has 64 valence electrons. The summed E-state index contributed by atoms with van der Waals surface area (Å²) < 4.78 is 14.7.